The standard InChI is InChI=1S/C23H48O4/c1-15-19(5,6)24-26-22(11,12)17(3)21(9,10)18(4)23(13,14)27-25-20(7,8)16-2/h17-18H,15-16H2,1-14H3. The molecule has 0 amide bonds. The van der Waals surface area contributed by atoms with Crippen LogP contribution >= 0.6 is 0 Å². The van der Waals surface area contributed by atoms with Gasteiger partial charge in [-0.25, -0.2) is 19.6 Å². The van der Waals surface area contributed by atoms with Crippen LogP contribution in [0.15, 0.2) is 0 Å². The molecule has 0 heterocycles. The first-order chi connectivity index (χ1) is 11.8. The van der Waals surface area contributed by atoms with E-state index in [0.29, 0.717) is 0 Å². The van der Waals surface area contributed by atoms with E-state index in [9.17, 15) is 0 Å². The molecule has 0 aliphatic rings. The van der Waals surface area contributed by atoms with E-state index in [2.05, 4.69) is 69.2 Å². The van der Waals surface area contributed by atoms with Crippen LogP contribution in [0, 0.1) is 17.3 Å². The third-order valence-electron chi connectivity index (χ3n) is 6.98. The van der Waals surface area contributed by atoms with E-state index in [1.54, 1.807) is 0 Å². The van der Waals surface area contributed by atoms with E-state index in [1.807, 2.05) is 27.7 Å². The topological polar surface area (TPSA) is 36.9 Å². The summed E-state index contributed by atoms with van der Waals surface area (Å²) in [7, 11) is 0. The van der Waals surface area contributed by atoms with Gasteiger partial charge in [-0.05, 0) is 85.5 Å². The van der Waals surface area contributed by atoms with E-state index in [4.69, 9.17) is 19.6 Å². The molecule has 4 nitrogen and oxygen atoms in total. The van der Waals surface area contributed by atoms with Crippen molar-refractivity contribution < 1.29 is 19.6 Å². The minimum Gasteiger partial charge on any atom is -0.230 e. The Morgan fingerprint density at radius 1 is 0.519 bits per heavy atom. The molecule has 164 valence electrons. The smallest absolute Gasteiger partial charge is 0.101 e. The largest absolute Gasteiger partial charge is 0.230 e. The Labute approximate surface area is 169 Å². The molecule has 0 N–H and O–H groups in total. The quantitative estimate of drug-likeness (QED) is 0.263. The van der Waals surface area contributed by atoms with E-state index in [1.165, 1.54) is 0 Å². The predicted molar refractivity (Wildman–Crippen MR) is 113 cm³/mol. The lowest BCUT2D eigenvalue weighted by Crippen LogP contribution is -2.51. The first kappa shape index (κ1) is 26.8. The lowest BCUT2D eigenvalue weighted by molar-refractivity contribution is -0.425. The summed E-state index contributed by atoms with van der Waals surface area (Å²) in [6, 6.07) is 0. The third kappa shape index (κ3) is 7.64. The SMILES string of the molecule is CCC(C)(C)OOC(C)(C)C(C)C(C)(C)C(C)C(C)(C)OOC(C)(C)CC. The molecule has 0 aliphatic heterocycles. The van der Waals surface area contributed by atoms with Crippen LogP contribution in [0.1, 0.15) is 110 Å². The highest BCUT2D eigenvalue weighted by Crippen LogP contribution is 2.47. The molecule has 0 aromatic carbocycles. The summed E-state index contributed by atoms with van der Waals surface area (Å²) < 4.78 is 0. The second kappa shape index (κ2) is 9.11. The van der Waals surface area contributed by atoms with E-state index in [-0.39, 0.29) is 28.5 Å². The van der Waals surface area contributed by atoms with E-state index >= 15 is 0 Å². The van der Waals surface area contributed by atoms with Crippen LogP contribution in [0.3, 0.4) is 0 Å². The second-order valence-corrected chi connectivity index (χ2v) is 11.0. The highest BCUT2D eigenvalue weighted by molar-refractivity contribution is 4.95. The number of hydrogen-bond donors (Lipinski definition) is 0. The molecule has 0 aliphatic carbocycles. The van der Waals surface area contributed by atoms with Crippen LogP contribution in [0.5, 0.6) is 0 Å². The molecule has 4 heteroatoms. The predicted octanol–water partition coefficient (Wildman–Crippen LogP) is 7.12. The molecule has 0 spiro atoms. The lowest BCUT2D eigenvalue weighted by Gasteiger charge is -2.49. The summed E-state index contributed by atoms with van der Waals surface area (Å²) in [5.74, 6) is 0.435. The van der Waals surface area contributed by atoms with E-state index in [0.717, 1.165) is 12.8 Å². The summed E-state index contributed by atoms with van der Waals surface area (Å²) in [6.45, 7) is 29.8. The van der Waals surface area contributed by atoms with Crippen molar-refractivity contribution in [2.45, 2.75) is 132 Å². The molecular weight excluding hydrogens is 340 g/mol. The monoisotopic (exact) mass is 388 g/mol. The fourth-order valence-corrected chi connectivity index (χ4v) is 2.87. The average Bonchev–Trinajstić information content (AvgIpc) is 2.57. The van der Waals surface area contributed by atoms with Gasteiger partial charge in [-0.1, -0.05) is 41.5 Å². The summed E-state index contributed by atoms with van der Waals surface area (Å²) in [5.41, 5.74) is -1.55. The van der Waals surface area contributed by atoms with Crippen molar-refractivity contribution in [3.8, 4) is 0 Å². The van der Waals surface area contributed by atoms with Gasteiger partial charge in [-0.2, -0.15) is 0 Å². The molecule has 0 rings (SSSR count). The Morgan fingerprint density at radius 3 is 1.00 bits per heavy atom. The van der Waals surface area contributed by atoms with Crippen LogP contribution in [-0.4, -0.2) is 22.4 Å². The molecule has 0 aromatic heterocycles. The summed E-state index contributed by atoms with van der Waals surface area (Å²) in [6.07, 6.45) is 1.78. The normalized spacial score (nSPS) is 17.1. The van der Waals surface area contributed by atoms with Gasteiger partial charge >= 0.3 is 0 Å². The van der Waals surface area contributed by atoms with Crippen molar-refractivity contribution in [1.29, 1.82) is 0 Å². The average molecular weight is 389 g/mol. The molecule has 0 bridgehead atoms. The Morgan fingerprint density at radius 2 is 0.778 bits per heavy atom. The zero-order chi connectivity index (χ0) is 21.9. The minimum atomic E-state index is -0.441. The third-order valence-corrected chi connectivity index (χ3v) is 6.98. The number of hydrogen-bond acceptors (Lipinski definition) is 4. The van der Waals surface area contributed by atoms with Crippen LogP contribution < -0.4 is 0 Å². The summed E-state index contributed by atoms with van der Waals surface area (Å²) >= 11 is 0. The Hall–Kier alpha value is -0.160. The van der Waals surface area contributed by atoms with Gasteiger partial charge in [0.2, 0.25) is 0 Å². The molecule has 2 unspecified atom stereocenters. The fraction of sp³-hybridized carbons (Fsp3) is 1.00. The lowest BCUT2D eigenvalue weighted by atomic mass is 9.61. The van der Waals surface area contributed by atoms with Crippen LogP contribution in [0.25, 0.3) is 0 Å². The van der Waals surface area contributed by atoms with Gasteiger partial charge in [0.15, 0.2) is 0 Å². The number of rotatable bonds is 12. The molecule has 27 heavy (non-hydrogen) atoms. The summed E-state index contributed by atoms with van der Waals surface area (Å²) in [5, 5.41) is 0. The Kier molecular flexibility index (Phi) is 9.05. The molecule has 0 radical (unpaired) electrons. The molecule has 0 aromatic rings. The highest BCUT2D eigenvalue weighted by Gasteiger charge is 2.48. The maximum atomic E-state index is 5.96. The van der Waals surface area contributed by atoms with E-state index < -0.39 is 11.2 Å². The van der Waals surface area contributed by atoms with Gasteiger partial charge in [0.25, 0.3) is 0 Å². The van der Waals surface area contributed by atoms with Crippen molar-refractivity contribution in [3.63, 3.8) is 0 Å². The molecule has 0 fully saturated rings. The van der Waals surface area contributed by atoms with Gasteiger partial charge in [-0.15, -0.1) is 0 Å². The second-order valence-electron chi connectivity index (χ2n) is 11.0. The van der Waals surface area contributed by atoms with Gasteiger partial charge in [-0.3, -0.25) is 0 Å². The fourth-order valence-electron chi connectivity index (χ4n) is 2.87. The zero-order valence-electron chi connectivity index (χ0n) is 20.7. The van der Waals surface area contributed by atoms with Gasteiger partial charge in [0.05, 0.1) is 11.2 Å². The molecule has 2 atom stereocenters. The van der Waals surface area contributed by atoms with Crippen molar-refractivity contribution >= 4 is 0 Å². The molecule has 0 saturated carbocycles. The summed E-state index contributed by atoms with van der Waals surface area (Å²) in [4.78, 5) is 23.5. The van der Waals surface area contributed by atoms with Gasteiger partial charge in [0.1, 0.15) is 11.2 Å². The highest BCUT2D eigenvalue weighted by atomic mass is 17.2. The Bertz CT molecular complexity index is 409. The van der Waals surface area contributed by atoms with Crippen molar-refractivity contribution in [2.24, 2.45) is 17.3 Å². The van der Waals surface area contributed by atoms with Gasteiger partial charge in [0, 0.05) is 0 Å². The maximum absolute atomic E-state index is 5.96. The van der Waals surface area contributed by atoms with Crippen LogP contribution in [0.4, 0.5) is 0 Å². The molecule has 0 saturated heterocycles. The van der Waals surface area contributed by atoms with Crippen molar-refractivity contribution in [3.05, 3.63) is 0 Å². The van der Waals surface area contributed by atoms with Crippen molar-refractivity contribution in [1.82, 2.24) is 0 Å². The first-order valence-corrected chi connectivity index (χ1v) is 10.6. The van der Waals surface area contributed by atoms with Crippen molar-refractivity contribution in [2.75, 3.05) is 0 Å². The zero-order valence-corrected chi connectivity index (χ0v) is 20.7. The molecular formula is C23H48O4. The minimum absolute atomic E-state index is 0.0769. The first-order valence-electron chi connectivity index (χ1n) is 10.6. The maximum Gasteiger partial charge on any atom is 0.101 e. The van der Waals surface area contributed by atoms with Gasteiger partial charge < -0.3 is 0 Å². The van der Waals surface area contributed by atoms with Crippen LogP contribution in [-0.2, 0) is 19.6 Å². The van der Waals surface area contributed by atoms with Crippen LogP contribution in [0.2, 0.25) is 0 Å². The Balaban J connectivity index is 5.27.